The van der Waals surface area contributed by atoms with Gasteiger partial charge in [-0.2, -0.15) is 0 Å². The monoisotopic (exact) mass is 528 g/mol. The Balaban J connectivity index is 1.23. The number of imidazole rings is 1. The molecule has 0 spiro atoms. The van der Waals surface area contributed by atoms with Gasteiger partial charge in [-0.05, 0) is 117 Å². The first kappa shape index (κ1) is 26.7. The SMILES string of the molecule is CC[C@]12[C@@H](OC)C[C@H]3[C@@H](CC[C@@H]4C[C@H](O)CC[C@@]43C)[C@@H]1CC[C@@H]2C(C)CCc1nc2c(F)c(F)ccc2[nH]1. The standard InChI is InChI=1S/C32H46F2N2O2/c1-5-32-22(18(2)6-13-28-35-26-12-11-25(33)29(34)30(26)36-28)9-10-23(32)21-8-7-19-16-20(37)14-15-31(19,3)24(21)17-27(32)38-4/h11-12,18-24,27,37H,5-10,13-17H2,1-4H3,(H,35,36)/t18?,19-,20-,21+,22-,23+,24+,27+,31+,32-/m1/s1. The van der Waals surface area contributed by atoms with Crippen LogP contribution in [0.1, 0.15) is 90.8 Å². The van der Waals surface area contributed by atoms with Gasteiger partial charge in [0.25, 0.3) is 0 Å². The Hall–Kier alpha value is -1.53. The fraction of sp³-hybridized carbons (Fsp3) is 0.781. The zero-order chi connectivity index (χ0) is 26.8. The van der Waals surface area contributed by atoms with Crippen LogP contribution in [0, 0.1) is 58.0 Å². The number of benzene rings is 1. The zero-order valence-corrected chi connectivity index (χ0v) is 23.6. The number of H-pyrrole nitrogens is 1. The summed E-state index contributed by atoms with van der Waals surface area (Å²) in [6, 6.07) is 2.74. The zero-order valence-electron chi connectivity index (χ0n) is 23.6. The van der Waals surface area contributed by atoms with Gasteiger partial charge in [0, 0.05) is 18.9 Å². The Kier molecular flexibility index (Phi) is 6.90. The number of aromatic nitrogens is 2. The van der Waals surface area contributed by atoms with E-state index in [2.05, 4.69) is 30.7 Å². The number of aromatic amines is 1. The van der Waals surface area contributed by atoms with E-state index in [1.54, 1.807) is 6.07 Å². The maximum Gasteiger partial charge on any atom is 0.186 e. The minimum atomic E-state index is -0.864. The molecule has 0 saturated heterocycles. The minimum Gasteiger partial charge on any atom is -0.393 e. The number of aliphatic hydroxyl groups excluding tert-OH is 1. The van der Waals surface area contributed by atoms with Gasteiger partial charge in [0.05, 0.1) is 17.7 Å². The van der Waals surface area contributed by atoms with Crippen molar-refractivity contribution < 1.29 is 18.6 Å². The van der Waals surface area contributed by atoms with Crippen LogP contribution >= 0.6 is 0 Å². The number of hydrogen-bond acceptors (Lipinski definition) is 3. The first-order chi connectivity index (χ1) is 18.2. The summed E-state index contributed by atoms with van der Waals surface area (Å²) >= 11 is 0. The van der Waals surface area contributed by atoms with Crippen LogP contribution in [0.4, 0.5) is 8.78 Å². The van der Waals surface area contributed by atoms with Crippen molar-refractivity contribution in [2.24, 2.45) is 46.3 Å². The molecule has 2 aromatic rings. The normalized spacial score (nSPS) is 41.5. The quantitative estimate of drug-likeness (QED) is 0.410. The molecule has 1 unspecified atom stereocenters. The van der Waals surface area contributed by atoms with Crippen molar-refractivity contribution in [1.29, 1.82) is 0 Å². The van der Waals surface area contributed by atoms with Crippen molar-refractivity contribution in [3.05, 3.63) is 29.6 Å². The Morgan fingerprint density at radius 3 is 2.71 bits per heavy atom. The number of aliphatic hydroxyl groups is 1. The lowest BCUT2D eigenvalue weighted by atomic mass is 9.43. The predicted octanol–water partition coefficient (Wildman–Crippen LogP) is 7.44. The molecule has 10 atom stereocenters. The highest BCUT2D eigenvalue weighted by Gasteiger charge is 2.65. The van der Waals surface area contributed by atoms with Crippen LogP contribution in [-0.2, 0) is 11.2 Å². The molecule has 0 bridgehead atoms. The van der Waals surface area contributed by atoms with Crippen molar-refractivity contribution in [2.75, 3.05) is 7.11 Å². The van der Waals surface area contributed by atoms with E-state index >= 15 is 0 Å². The third-order valence-electron chi connectivity index (χ3n) is 12.5. The Morgan fingerprint density at radius 2 is 1.95 bits per heavy atom. The molecule has 6 rings (SSSR count). The molecular formula is C32H46F2N2O2. The molecule has 2 N–H and O–H groups in total. The Bertz CT molecular complexity index is 1170. The molecule has 38 heavy (non-hydrogen) atoms. The molecule has 1 aromatic carbocycles. The van der Waals surface area contributed by atoms with Crippen LogP contribution in [-0.4, -0.2) is 34.4 Å². The van der Waals surface area contributed by atoms with Crippen LogP contribution in [0.15, 0.2) is 12.1 Å². The van der Waals surface area contributed by atoms with Crippen molar-refractivity contribution in [3.8, 4) is 0 Å². The molecule has 0 amide bonds. The lowest BCUT2D eigenvalue weighted by molar-refractivity contribution is -0.190. The summed E-state index contributed by atoms with van der Waals surface area (Å²) in [6.45, 7) is 7.33. The van der Waals surface area contributed by atoms with E-state index in [1.165, 1.54) is 25.7 Å². The number of nitrogens with zero attached hydrogens (tertiary/aromatic N) is 1. The van der Waals surface area contributed by atoms with Gasteiger partial charge in [0.1, 0.15) is 11.3 Å². The molecule has 1 aromatic heterocycles. The first-order valence-electron chi connectivity index (χ1n) is 15.3. The van der Waals surface area contributed by atoms with E-state index in [4.69, 9.17) is 4.74 Å². The summed E-state index contributed by atoms with van der Waals surface area (Å²) in [7, 11) is 1.94. The van der Waals surface area contributed by atoms with Crippen molar-refractivity contribution >= 4 is 11.0 Å². The van der Waals surface area contributed by atoms with Gasteiger partial charge in [-0.3, -0.25) is 0 Å². The van der Waals surface area contributed by atoms with E-state index in [0.29, 0.717) is 40.5 Å². The third-order valence-corrected chi connectivity index (χ3v) is 12.5. The Labute approximate surface area is 226 Å². The Morgan fingerprint density at radius 1 is 1.13 bits per heavy atom. The molecule has 0 radical (unpaired) electrons. The molecule has 1 heterocycles. The fourth-order valence-corrected chi connectivity index (χ4v) is 10.7. The average molecular weight is 529 g/mol. The van der Waals surface area contributed by atoms with Gasteiger partial charge < -0.3 is 14.8 Å². The van der Waals surface area contributed by atoms with Crippen molar-refractivity contribution in [3.63, 3.8) is 0 Å². The second kappa shape index (κ2) is 9.83. The summed E-state index contributed by atoms with van der Waals surface area (Å²) in [5, 5.41) is 10.4. The predicted molar refractivity (Wildman–Crippen MR) is 146 cm³/mol. The minimum absolute atomic E-state index is 0.107. The highest BCUT2D eigenvalue weighted by molar-refractivity contribution is 5.75. The fourth-order valence-electron chi connectivity index (χ4n) is 10.7. The number of fused-ring (bicyclic) bond motifs is 6. The van der Waals surface area contributed by atoms with Gasteiger partial charge in [-0.1, -0.05) is 20.8 Å². The summed E-state index contributed by atoms with van der Waals surface area (Å²) < 4.78 is 34.4. The topological polar surface area (TPSA) is 58.1 Å². The first-order valence-corrected chi connectivity index (χ1v) is 15.3. The number of hydrogen-bond donors (Lipinski definition) is 2. The number of methoxy groups -OCH3 is 1. The van der Waals surface area contributed by atoms with E-state index < -0.39 is 11.6 Å². The second-order valence-electron chi connectivity index (χ2n) is 13.7. The molecule has 4 fully saturated rings. The highest BCUT2D eigenvalue weighted by Crippen LogP contribution is 2.69. The second-order valence-corrected chi connectivity index (χ2v) is 13.7. The largest absolute Gasteiger partial charge is 0.393 e. The van der Waals surface area contributed by atoms with Gasteiger partial charge in [0.2, 0.25) is 0 Å². The molecule has 0 aliphatic heterocycles. The summed E-state index contributed by atoms with van der Waals surface area (Å²) in [6.07, 6.45) is 12.4. The molecule has 4 aliphatic carbocycles. The van der Waals surface area contributed by atoms with Crippen LogP contribution in [0.2, 0.25) is 0 Å². The lowest BCUT2D eigenvalue weighted by Crippen LogP contribution is -2.60. The molecule has 4 aliphatic rings. The van der Waals surface area contributed by atoms with E-state index in [-0.39, 0.29) is 23.1 Å². The number of ether oxygens (including phenoxy) is 1. The van der Waals surface area contributed by atoms with Crippen molar-refractivity contribution in [2.45, 2.75) is 104 Å². The number of aryl methyl sites for hydroxylation is 1. The van der Waals surface area contributed by atoms with Crippen LogP contribution in [0.3, 0.4) is 0 Å². The number of rotatable bonds is 6. The molecular weight excluding hydrogens is 482 g/mol. The summed E-state index contributed by atoms with van der Waals surface area (Å²) in [5.41, 5.74) is 1.21. The van der Waals surface area contributed by atoms with Gasteiger partial charge >= 0.3 is 0 Å². The molecule has 210 valence electrons. The van der Waals surface area contributed by atoms with Crippen molar-refractivity contribution in [1.82, 2.24) is 9.97 Å². The summed E-state index contributed by atoms with van der Waals surface area (Å²) in [5.74, 6) is 2.95. The maximum absolute atomic E-state index is 14.2. The van der Waals surface area contributed by atoms with Crippen LogP contribution in [0.5, 0.6) is 0 Å². The maximum atomic E-state index is 14.2. The molecule has 4 saturated carbocycles. The third kappa shape index (κ3) is 3.90. The van der Waals surface area contributed by atoms with Gasteiger partial charge in [-0.15, -0.1) is 0 Å². The molecule has 6 heteroatoms. The van der Waals surface area contributed by atoms with E-state index in [1.807, 2.05) is 7.11 Å². The molecule has 4 nitrogen and oxygen atoms in total. The van der Waals surface area contributed by atoms with Crippen LogP contribution < -0.4 is 0 Å². The van der Waals surface area contributed by atoms with E-state index in [9.17, 15) is 13.9 Å². The van der Waals surface area contributed by atoms with E-state index in [0.717, 1.165) is 62.8 Å². The van der Waals surface area contributed by atoms with Crippen LogP contribution in [0.25, 0.3) is 11.0 Å². The average Bonchev–Trinajstić information content (AvgIpc) is 3.52. The number of halogens is 2. The van der Waals surface area contributed by atoms with Gasteiger partial charge in [-0.25, -0.2) is 13.8 Å². The highest BCUT2D eigenvalue weighted by atomic mass is 19.2. The lowest BCUT2D eigenvalue weighted by Gasteiger charge is -2.63. The number of nitrogens with one attached hydrogen (secondary N) is 1. The summed E-state index contributed by atoms with van der Waals surface area (Å²) in [4.78, 5) is 7.63. The smallest absolute Gasteiger partial charge is 0.186 e. The van der Waals surface area contributed by atoms with Gasteiger partial charge in [0.15, 0.2) is 11.6 Å².